The summed E-state index contributed by atoms with van der Waals surface area (Å²) >= 11 is 0. The normalized spacial score (nSPS) is 18.6. The highest BCUT2D eigenvalue weighted by Crippen LogP contribution is 2.29. The van der Waals surface area contributed by atoms with Crippen molar-refractivity contribution >= 4 is 35.5 Å². The number of esters is 1. The van der Waals surface area contributed by atoms with E-state index in [0.29, 0.717) is 5.56 Å². The smallest absolute Gasteiger partial charge is 0.315 e. The lowest BCUT2D eigenvalue weighted by Gasteiger charge is -2.27. The van der Waals surface area contributed by atoms with E-state index in [-0.39, 0.29) is 30.5 Å². The number of hydrogen-bond donors (Lipinski definition) is 2. The van der Waals surface area contributed by atoms with E-state index in [2.05, 4.69) is 15.4 Å². The first-order valence-corrected chi connectivity index (χ1v) is 8.50. The molecule has 1 aromatic carbocycles. The fraction of sp³-hybridized carbons (Fsp3) is 0.333. The molecule has 146 valence electrons. The van der Waals surface area contributed by atoms with Crippen LogP contribution in [0.2, 0.25) is 0 Å². The minimum absolute atomic E-state index is 0.0280. The molecule has 5 amide bonds. The van der Waals surface area contributed by atoms with Gasteiger partial charge in [0.1, 0.15) is 12.5 Å². The first-order valence-electron chi connectivity index (χ1n) is 8.50. The number of piperidine rings is 1. The summed E-state index contributed by atoms with van der Waals surface area (Å²) in [6.07, 6.45) is -0.387. The molecule has 0 spiro atoms. The summed E-state index contributed by atoms with van der Waals surface area (Å²) in [7, 11) is 1.16. The van der Waals surface area contributed by atoms with Gasteiger partial charge in [0.05, 0.1) is 18.2 Å². The molecule has 2 aliphatic heterocycles. The van der Waals surface area contributed by atoms with Gasteiger partial charge >= 0.3 is 5.97 Å². The number of hydrogen-bond acceptors (Lipinski definition) is 7. The van der Waals surface area contributed by atoms with Crippen LogP contribution >= 0.6 is 0 Å². The van der Waals surface area contributed by atoms with Crippen molar-refractivity contribution in [1.29, 1.82) is 0 Å². The Morgan fingerprint density at radius 3 is 2.64 bits per heavy atom. The van der Waals surface area contributed by atoms with Crippen molar-refractivity contribution in [3.05, 3.63) is 34.9 Å². The highest BCUT2D eigenvalue weighted by Gasteiger charge is 2.45. The summed E-state index contributed by atoms with van der Waals surface area (Å²) in [5.74, 6) is -3.73. The topological polar surface area (TPSA) is 139 Å². The molecular formula is C18H17N3O7. The lowest BCUT2D eigenvalue weighted by atomic mass is 10.0. The van der Waals surface area contributed by atoms with E-state index in [1.54, 1.807) is 12.1 Å². The van der Waals surface area contributed by atoms with Gasteiger partial charge < -0.3 is 10.1 Å². The maximum absolute atomic E-state index is 12.9. The number of carbonyl (C=O) groups is 6. The molecule has 10 nitrogen and oxygen atoms in total. The van der Waals surface area contributed by atoms with Gasteiger partial charge in [-0.2, -0.15) is 0 Å². The number of carbonyl (C=O) groups excluding carboxylic acids is 6. The van der Waals surface area contributed by atoms with Crippen LogP contribution in [0.4, 0.5) is 0 Å². The summed E-state index contributed by atoms with van der Waals surface area (Å²) in [5.41, 5.74) is 0.592. The summed E-state index contributed by atoms with van der Waals surface area (Å²) in [6, 6.07) is 3.52. The maximum atomic E-state index is 12.9. The van der Waals surface area contributed by atoms with Crippen molar-refractivity contribution in [2.45, 2.75) is 31.8 Å². The van der Waals surface area contributed by atoms with E-state index in [9.17, 15) is 28.8 Å². The highest BCUT2D eigenvalue weighted by atomic mass is 16.5. The quantitative estimate of drug-likeness (QED) is 0.386. The Hall–Kier alpha value is -3.56. The largest absolute Gasteiger partial charge is 0.469 e. The van der Waals surface area contributed by atoms with E-state index < -0.39 is 48.0 Å². The molecule has 28 heavy (non-hydrogen) atoms. The molecule has 1 aromatic rings. The van der Waals surface area contributed by atoms with Crippen molar-refractivity contribution in [2.24, 2.45) is 0 Å². The molecule has 1 atom stereocenters. The lowest BCUT2D eigenvalue weighted by molar-refractivity contribution is -0.144. The summed E-state index contributed by atoms with van der Waals surface area (Å²) in [5, 5.41) is 4.62. The number of ether oxygens (including phenoxy) is 1. The van der Waals surface area contributed by atoms with Crippen LogP contribution < -0.4 is 10.6 Å². The van der Waals surface area contributed by atoms with Crippen molar-refractivity contribution in [1.82, 2.24) is 15.5 Å². The van der Waals surface area contributed by atoms with E-state index in [1.165, 1.54) is 6.07 Å². The van der Waals surface area contributed by atoms with Crippen molar-refractivity contribution in [2.75, 3.05) is 7.11 Å². The number of imide groups is 2. The Kier molecular flexibility index (Phi) is 5.21. The number of benzene rings is 1. The zero-order valence-electron chi connectivity index (χ0n) is 14.9. The monoisotopic (exact) mass is 387 g/mol. The third-order valence-electron chi connectivity index (χ3n) is 4.56. The maximum Gasteiger partial charge on any atom is 0.315 e. The molecule has 1 fully saturated rings. The zero-order chi connectivity index (χ0) is 20.4. The lowest BCUT2D eigenvalue weighted by Crippen LogP contribution is -2.54. The van der Waals surface area contributed by atoms with Crippen LogP contribution in [-0.4, -0.2) is 53.6 Å². The van der Waals surface area contributed by atoms with Crippen LogP contribution in [-0.2, 0) is 30.5 Å². The fourth-order valence-electron chi connectivity index (χ4n) is 3.19. The first kappa shape index (κ1) is 19.2. The Morgan fingerprint density at radius 1 is 1.21 bits per heavy atom. The second kappa shape index (κ2) is 7.59. The van der Waals surface area contributed by atoms with Gasteiger partial charge in [-0.25, -0.2) is 0 Å². The minimum atomic E-state index is -1.06. The molecule has 1 unspecified atom stereocenters. The average Bonchev–Trinajstić information content (AvgIpc) is 2.91. The van der Waals surface area contributed by atoms with Gasteiger partial charge in [0, 0.05) is 13.0 Å². The third kappa shape index (κ3) is 3.48. The van der Waals surface area contributed by atoms with Gasteiger partial charge in [-0.3, -0.25) is 39.0 Å². The summed E-state index contributed by atoms with van der Waals surface area (Å²) in [6.45, 7) is -0.0821. The van der Waals surface area contributed by atoms with Gasteiger partial charge in [0.25, 0.3) is 11.8 Å². The van der Waals surface area contributed by atoms with E-state index in [4.69, 9.17) is 0 Å². The van der Waals surface area contributed by atoms with Crippen LogP contribution in [0, 0.1) is 0 Å². The molecular weight excluding hydrogens is 370 g/mol. The molecule has 0 bridgehead atoms. The standard InChI is InChI=1S/C18H17N3O7/c1-28-14(24)7-13(23)19-8-9-3-2-4-10-15(9)18(27)21(17(10)26)11-5-6-12(22)20-16(11)25/h2-4,11H,5-8H2,1H3,(H,19,23)(H,20,22,25). The van der Waals surface area contributed by atoms with Crippen molar-refractivity contribution in [3.8, 4) is 0 Å². The molecule has 0 aromatic heterocycles. The van der Waals surface area contributed by atoms with Crippen LogP contribution in [0.3, 0.4) is 0 Å². The predicted octanol–water partition coefficient (Wildman–Crippen LogP) is -0.733. The van der Waals surface area contributed by atoms with Gasteiger partial charge in [-0.1, -0.05) is 12.1 Å². The number of amides is 5. The number of nitrogens with zero attached hydrogens (tertiary/aromatic N) is 1. The van der Waals surface area contributed by atoms with Gasteiger partial charge in [0.2, 0.25) is 17.7 Å². The van der Waals surface area contributed by atoms with Gasteiger partial charge in [0.15, 0.2) is 0 Å². The fourth-order valence-corrected chi connectivity index (χ4v) is 3.19. The second-order valence-corrected chi connectivity index (χ2v) is 6.32. The molecule has 0 aliphatic carbocycles. The first-order chi connectivity index (χ1) is 13.3. The molecule has 0 saturated carbocycles. The molecule has 1 saturated heterocycles. The molecule has 2 aliphatic rings. The van der Waals surface area contributed by atoms with Crippen molar-refractivity contribution < 1.29 is 33.5 Å². The number of methoxy groups -OCH3 is 1. The van der Waals surface area contributed by atoms with Gasteiger partial charge in [-0.05, 0) is 18.1 Å². The summed E-state index contributed by atoms with van der Waals surface area (Å²) < 4.78 is 4.41. The minimum Gasteiger partial charge on any atom is -0.469 e. The van der Waals surface area contributed by atoms with E-state index in [1.807, 2.05) is 0 Å². The van der Waals surface area contributed by atoms with Gasteiger partial charge in [-0.15, -0.1) is 0 Å². The van der Waals surface area contributed by atoms with Crippen LogP contribution in [0.5, 0.6) is 0 Å². The Morgan fingerprint density at radius 2 is 1.96 bits per heavy atom. The molecule has 3 rings (SSSR count). The number of rotatable bonds is 5. The Labute approximate surface area is 159 Å². The van der Waals surface area contributed by atoms with Crippen LogP contribution in [0.15, 0.2) is 18.2 Å². The Balaban J connectivity index is 1.80. The molecule has 10 heteroatoms. The zero-order valence-corrected chi connectivity index (χ0v) is 14.9. The molecule has 2 N–H and O–H groups in total. The summed E-state index contributed by atoms with van der Waals surface area (Å²) in [4.78, 5) is 72.7. The SMILES string of the molecule is COC(=O)CC(=O)NCc1cccc2c1C(=O)N(C1CCC(=O)NC1=O)C2=O. The predicted molar refractivity (Wildman–Crippen MR) is 91.6 cm³/mol. The van der Waals surface area contributed by atoms with E-state index in [0.717, 1.165) is 12.0 Å². The Bertz CT molecular complexity index is 908. The molecule has 2 heterocycles. The number of fused-ring (bicyclic) bond motifs is 1. The third-order valence-corrected chi connectivity index (χ3v) is 4.56. The average molecular weight is 387 g/mol. The molecule has 0 radical (unpaired) electrons. The van der Waals surface area contributed by atoms with Crippen LogP contribution in [0.1, 0.15) is 45.5 Å². The highest BCUT2D eigenvalue weighted by molar-refractivity contribution is 6.24. The number of nitrogens with one attached hydrogen (secondary N) is 2. The van der Waals surface area contributed by atoms with Crippen molar-refractivity contribution in [3.63, 3.8) is 0 Å². The second-order valence-electron chi connectivity index (χ2n) is 6.32. The van der Waals surface area contributed by atoms with Crippen LogP contribution in [0.25, 0.3) is 0 Å². The van der Waals surface area contributed by atoms with E-state index >= 15 is 0 Å².